The Morgan fingerprint density at radius 1 is 1.05 bits per heavy atom. The number of hydrogen-bond donors (Lipinski definition) is 2. The molecule has 4 heterocycles. The lowest BCUT2D eigenvalue weighted by Crippen LogP contribution is -2.27. The van der Waals surface area contributed by atoms with Crippen LogP contribution >= 0.6 is 0 Å². The number of carbonyl (C=O) groups is 1. The molecule has 1 aliphatic rings. The molecular weight excluding hydrogens is 469 g/mol. The van der Waals surface area contributed by atoms with E-state index < -0.39 is 5.41 Å². The number of nitrogens with one attached hydrogen (secondary N) is 2. The second kappa shape index (κ2) is 9.85. The fourth-order valence-corrected chi connectivity index (χ4v) is 4.29. The van der Waals surface area contributed by atoms with Gasteiger partial charge >= 0.3 is 0 Å². The molecule has 0 radical (unpaired) electrons. The molecule has 8 nitrogen and oxygen atoms in total. The summed E-state index contributed by atoms with van der Waals surface area (Å²) in [5.41, 5.74) is 3.21. The average Bonchev–Trinajstić information content (AvgIpc) is 3.12. The van der Waals surface area contributed by atoms with Crippen molar-refractivity contribution in [1.82, 2.24) is 19.9 Å². The number of aromatic nitrogens is 4. The van der Waals surface area contributed by atoms with Gasteiger partial charge < -0.3 is 10.6 Å². The van der Waals surface area contributed by atoms with Crippen molar-refractivity contribution in [3.63, 3.8) is 0 Å². The molecule has 1 amide bonds. The Kier molecular flexibility index (Phi) is 6.43. The monoisotopic (exact) mass is 495 g/mol. The van der Waals surface area contributed by atoms with E-state index in [2.05, 4.69) is 20.6 Å². The van der Waals surface area contributed by atoms with Crippen LogP contribution in [0.25, 0.3) is 0 Å². The van der Waals surface area contributed by atoms with Crippen molar-refractivity contribution in [2.45, 2.75) is 32.6 Å². The minimum Gasteiger partial charge on any atom is -0.340 e. The highest BCUT2D eigenvalue weighted by Gasteiger charge is 2.43. The molecule has 0 aliphatic carbocycles. The molecule has 9 heteroatoms. The van der Waals surface area contributed by atoms with Crippen LogP contribution in [0, 0.1) is 12.7 Å². The van der Waals surface area contributed by atoms with Gasteiger partial charge in [0, 0.05) is 42.1 Å². The maximum absolute atomic E-state index is 14.2. The van der Waals surface area contributed by atoms with Crippen molar-refractivity contribution < 1.29 is 9.18 Å². The van der Waals surface area contributed by atoms with E-state index in [1.165, 1.54) is 6.07 Å². The van der Waals surface area contributed by atoms with Crippen molar-refractivity contribution in [2.24, 2.45) is 4.99 Å². The summed E-state index contributed by atoms with van der Waals surface area (Å²) in [6.45, 7) is 5.87. The van der Waals surface area contributed by atoms with Crippen LogP contribution in [0.3, 0.4) is 0 Å². The first-order valence-electron chi connectivity index (χ1n) is 12.0. The van der Waals surface area contributed by atoms with Gasteiger partial charge in [-0.2, -0.15) is 0 Å². The Bertz CT molecular complexity index is 1500. The zero-order chi connectivity index (χ0) is 26.0. The zero-order valence-corrected chi connectivity index (χ0v) is 20.8. The minimum absolute atomic E-state index is 0.165. The second-order valence-corrected chi connectivity index (χ2v) is 9.27. The van der Waals surface area contributed by atoms with Crippen LogP contribution in [0.2, 0.25) is 0 Å². The van der Waals surface area contributed by atoms with Gasteiger partial charge in [-0.05, 0) is 63.1 Å². The number of pyridine rings is 2. The first-order chi connectivity index (χ1) is 17.8. The Labute approximate surface area is 214 Å². The molecule has 4 aromatic rings. The van der Waals surface area contributed by atoms with Crippen LogP contribution in [0.15, 0.2) is 72.1 Å². The van der Waals surface area contributed by atoms with Crippen molar-refractivity contribution in [1.29, 1.82) is 0 Å². The first-order valence-corrected chi connectivity index (χ1v) is 12.0. The summed E-state index contributed by atoms with van der Waals surface area (Å²) in [6, 6.07) is 14.0. The van der Waals surface area contributed by atoms with Crippen LogP contribution in [0.1, 0.15) is 42.1 Å². The van der Waals surface area contributed by atoms with Crippen LogP contribution in [0.4, 0.5) is 21.7 Å². The van der Waals surface area contributed by atoms with E-state index in [4.69, 9.17) is 15.0 Å². The molecule has 5 rings (SSSR count). The van der Waals surface area contributed by atoms with E-state index in [0.717, 1.165) is 16.9 Å². The molecule has 0 bridgehead atoms. The average molecular weight is 496 g/mol. The first kappa shape index (κ1) is 24.2. The number of aryl methyl sites for hydroxylation is 1. The fourth-order valence-electron chi connectivity index (χ4n) is 4.29. The normalized spacial score (nSPS) is 14.3. The van der Waals surface area contributed by atoms with Crippen molar-refractivity contribution in [3.05, 3.63) is 101 Å². The number of aliphatic imine (C=N–C) groups is 1. The molecular formula is C28H26FN7O. The van der Waals surface area contributed by atoms with Crippen LogP contribution in [-0.4, -0.2) is 38.1 Å². The molecule has 0 saturated heterocycles. The maximum atomic E-state index is 14.2. The van der Waals surface area contributed by atoms with E-state index in [1.54, 1.807) is 36.8 Å². The summed E-state index contributed by atoms with van der Waals surface area (Å²) >= 11 is 0. The van der Waals surface area contributed by atoms with E-state index in [-0.39, 0.29) is 11.7 Å². The summed E-state index contributed by atoms with van der Waals surface area (Å²) in [6.07, 6.45) is 5.46. The molecule has 0 atom stereocenters. The van der Waals surface area contributed by atoms with Gasteiger partial charge in [-0.3, -0.25) is 19.8 Å². The van der Waals surface area contributed by atoms with Gasteiger partial charge in [0.15, 0.2) is 5.82 Å². The Hall–Kier alpha value is -4.53. The predicted octanol–water partition coefficient (Wildman–Crippen LogP) is 4.77. The van der Waals surface area contributed by atoms with Crippen molar-refractivity contribution in [2.75, 3.05) is 17.2 Å². The molecule has 186 valence electrons. The minimum atomic E-state index is -0.838. The van der Waals surface area contributed by atoms with Crippen LogP contribution in [-0.2, 0) is 16.6 Å². The Balaban J connectivity index is 1.62. The van der Waals surface area contributed by atoms with Crippen molar-refractivity contribution >= 4 is 28.9 Å². The number of benzene rings is 1. The van der Waals surface area contributed by atoms with Gasteiger partial charge in [-0.15, -0.1) is 0 Å². The molecule has 0 saturated carbocycles. The van der Waals surface area contributed by atoms with Gasteiger partial charge in [-0.25, -0.2) is 14.4 Å². The number of anilines is 3. The van der Waals surface area contributed by atoms with Gasteiger partial charge in [0.1, 0.15) is 23.2 Å². The SMILES string of the molecule is Cc1ncccc1/C(=N\CCc1ccccc1F)c1nc2c(c(Nc3ccncc3)n1)C(C)(C)C(=O)N2. The summed E-state index contributed by atoms with van der Waals surface area (Å²) < 4.78 is 14.2. The van der Waals surface area contributed by atoms with E-state index >= 15 is 0 Å². The molecule has 0 unspecified atom stereocenters. The molecule has 1 aromatic carbocycles. The standard InChI is InChI=1S/C28H26FN7O/c1-17-20(8-6-13-31-17)23(32-16-10-18-7-4-5-9-21(18)29)26-34-24(33-19-11-14-30-15-12-19)22-25(35-26)36-27(37)28(22,2)3/h4-9,11-15H,10,16H2,1-3H3,(H2,30,33,34,35,36,37)/b32-23+. The molecule has 2 N–H and O–H groups in total. The summed E-state index contributed by atoms with van der Waals surface area (Å²) in [7, 11) is 0. The number of carbonyl (C=O) groups excluding carboxylic acids is 1. The van der Waals surface area contributed by atoms with Crippen LogP contribution < -0.4 is 10.6 Å². The quantitative estimate of drug-likeness (QED) is 0.358. The Morgan fingerprint density at radius 3 is 2.59 bits per heavy atom. The summed E-state index contributed by atoms with van der Waals surface area (Å²) in [5.74, 6) is 0.831. The third kappa shape index (κ3) is 4.80. The lowest BCUT2D eigenvalue weighted by molar-refractivity contribution is -0.119. The van der Waals surface area contributed by atoms with Gasteiger partial charge in [0.25, 0.3) is 0 Å². The highest BCUT2D eigenvalue weighted by atomic mass is 19.1. The van der Waals surface area contributed by atoms with E-state index in [1.807, 2.05) is 45.0 Å². The number of rotatable bonds is 7. The van der Waals surface area contributed by atoms with Gasteiger partial charge in [0.05, 0.1) is 11.0 Å². The molecule has 1 aliphatic heterocycles. The lowest BCUT2D eigenvalue weighted by Gasteiger charge is -2.19. The second-order valence-electron chi connectivity index (χ2n) is 9.27. The summed E-state index contributed by atoms with van der Waals surface area (Å²) in [5, 5.41) is 6.23. The summed E-state index contributed by atoms with van der Waals surface area (Å²) in [4.78, 5) is 35.7. The number of amides is 1. The van der Waals surface area contributed by atoms with E-state index in [0.29, 0.717) is 47.3 Å². The highest BCUT2D eigenvalue weighted by molar-refractivity contribution is 6.13. The molecule has 0 fully saturated rings. The van der Waals surface area contributed by atoms with Crippen molar-refractivity contribution in [3.8, 4) is 0 Å². The number of hydrogen-bond acceptors (Lipinski definition) is 7. The zero-order valence-electron chi connectivity index (χ0n) is 20.8. The van der Waals surface area contributed by atoms with E-state index in [9.17, 15) is 9.18 Å². The lowest BCUT2D eigenvalue weighted by atomic mass is 9.87. The Morgan fingerprint density at radius 2 is 1.84 bits per heavy atom. The fraction of sp³-hybridized carbons (Fsp3) is 0.214. The largest absolute Gasteiger partial charge is 0.340 e. The van der Waals surface area contributed by atoms with Crippen LogP contribution in [0.5, 0.6) is 0 Å². The number of halogens is 1. The molecule has 3 aromatic heterocycles. The van der Waals surface area contributed by atoms with Gasteiger partial charge in [-0.1, -0.05) is 18.2 Å². The predicted molar refractivity (Wildman–Crippen MR) is 141 cm³/mol. The maximum Gasteiger partial charge on any atom is 0.235 e. The molecule has 0 spiro atoms. The highest BCUT2D eigenvalue weighted by Crippen LogP contribution is 2.41. The third-order valence-corrected chi connectivity index (χ3v) is 6.36. The van der Waals surface area contributed by atoms with Gasteiger partial charge in [0.2, 0.25) is 5.91 Å². The number of fused-ring (bicyclic) bond motifs is 1. The third-order valence-electron chi connectivity index (χ3n) is 6.36. The molecule has 37 heavy (non-hydrogen) atoms. The number of nitrogens with zero attached hydrogens (tertiary/aromatic N) is 5. The smallest absolute Gasteiger partial charge is 0.235 e. The topological polar surface area (TPSA) is 105 Å².